The Morgan fingerprint density at radius 1 is 1.24 bits per heavy atom. The molecule has 118 valence electrons. The van der Waals surface area contributed by atoms with Crippen LogP contribution in [0, 0.1) is 5.92 Å². The first-order chi connectivity index (χ1) is 9.90. The van der Waals surface area contributed by atoms with Gasteiger partial charge in [-0.3, -0.25) is 0 Å². The lowest BCUT2D eigenvalue weighted by atomic mass is 9.73. The molecule has 0 aromatic heterocycles. The molecule has 2 N–H and O–H groups in total. The molecule has 0 heterocycles. The Hall–Kier alpha value is -1.23. The standard InChI is InChI=1S/C16H22F3NO/c1-2-5-11-8-9-14(20)13(10-11)12-6-3-4-7-15(12)21-16(17,18)19/h3-4,6-7,11,13-14H,2,5,8-10,20H2,1H3. The van der Waals surface area contributed by atoms with Gasteiger partial charge >= 0.3 is 6.36 Å². The maximum absolute atomic E-state index is 12.5. The number of halogens is 3. The van der Waals surface area contributed by atoms with Crippen LogP contribution in [0.1, 0.15) is 50.5 Å². The van der Waals surface area contributed by atoms with E-state index in [9.17, 15) is 13.2 Å². The Kier molecular flexibility index (Phi) is 5.14. The molecule has 1 fully saturated rings. The van der Waals surface area contributed by atoms with E-state index in [0.717, 1.165) is 32.1 Å². The third-order valence-corrected chi connectivity index (χ3v) is 4.25. The molecular formula is C16H22F3NO. The van der Waals surface area contributed by atoms with E-state index < -0.39 is 6.36 Å². The molecule has 1 aromatic carbocycles. The van der Waals surface area contributed by atoms with Gasteiger partial charge in [-0.2, -0.15) is 0 Å². The van der Waals surface area contributed by atoms with Gasteiger partial charge in [-0.25, -0.2) is 0 Å². The molecule has 0 saturated heterocycles. The van der Waals surface area contributed by atoms with E-state index in [1.54, 1.807) is 18.2 Å². The molecule has 1 aliphatic rings. The molecule has 1 aromatic rings. The summed E-state index contributed by atoms with van der Waals surface area (Å²) in [5.41, 5.74) is 6.75. The van der Waals surface area contributed by atoms with E-state index in [-0.39, 0.29) is 17.7 Å². The van der Waals surface area contributed by atoms with E-state index in [1.807, 2.05) is 0 Å². The third kappa shape index (κ3) is 4.37. The Labute approximate surface area is 123 Å². The quantitative estimate of drug-likeness (QED) is 0.882. The van der Waals surface area contributed by atoms with Gasteiger partial charge in [-0.15, -0.1) is 13.2 Å². The molecule has 0 bridgehead atoms. The number of benzene rings is 1. The molecule has 21 heavy (non-hydrogen) atoms. The van der Waals surface area contributed by atoms with E-state index in [4.69, 9.17) is 5.73 Å². The van der Waals surface area contributed by atoms with Crippen LogP contribution in [0.25, 0.3) is 0 Å². The molecule has 1 saturated carbocycles. The molecule has 0 radical (unpaired) electrons. The SMILES string of the molecule is CCCC1CCC(N)C(c2ccccc2OC(F)(F)F)C1. The summed E-state index contributed by atoms with van der Waals surface area (Å²) in [6, 6.07) is 6.28. The Morgan fingerprint density at radius 3 is 2.62 bits per heavy atom. The van der Waals surface area contributed by atoms with Crippen LogP contribution in [0.4, 0.5) is 13.2 Å². The minimum atomic E-state index is -4.67. The van der Waals surface area contributed by atoms with E-state index in [2.05, 4.69) is 11.7 Å². The van der Waals surface area contributed by atoms with Crippen LogP contribution >= 0.6 is 0 Å². The van der Waals surface area contributed by atoms with Crippen molar-refractivity contribution in [1.82, 2.24) is 0 Å². The minimum absolute atomic E-state index is 0.0613. The summed E-state index contributed by atoms with van der Waals surface area (Å²) in [6.07, 6.45) is 0.285. The van der Waals surface area contributed by atoms with E-state index in [1.165, 1.54) is 6.07 Å². The molecule has 0 aliphatic heterocycles. The van der Waals surface area contributed by atoms with Crippen LogP contribution in [0.3, 0.4) is 0 Å². The van der Waals surface area contributed by atoms with Crippen LogP contribution in [0.15, 0.2) is 24.3 Å². The summed E-state index contributed by atoms with van der Waals surface area (Å²) in [6.45, 7) is 2.13. The smallest absolute Gasteiger partial charge is 0.405 e. The zero-order chi connectivity index (χ0) is 15.5. The number of alkyl halides is 3. The summed E-state index contributed by atoms with van der Waals surface area (Å²) in [7, 11) is 0. The van der Waals surface area contributed by atoms with Crippen molar-refractivity contribution in [2.75, 3.05) is 0 Å². The predicted octanol–water partition coefficient (Wildman–Crippen LogP) is 4.60. The number of para-hydroxylation sites is 1. The van der Waals surface area contributed by atoms with Gasteiger partial charge in [0.1, 0.15) is 5.75 Å². The van der Waals surface area contributed by atoms with Crippen molar-refractivity contribution in [3.63, 3.8) is 0 Å². The Bertz CT molecular complexity index is 461. The van der Waals surface area contributed by atoms with Gasteiger partial charge in [0, 0.05) is 12.0 Å². The zero-order valence-electron chi connectivity index (χ0n) is 12.2. The van der Waals surface area contributed by atoms with Gasteiger partial charge in [0.25, 0.3) is 0 Å². The van der Waals surface area contributed by atoms with Crippen molar-refractivity contribution < 1.29 is 17.9 Å². The monoisotopic (exact) mass is 301 g/mol. The highest BCUT2D eigenvalue weighted by molar-refractivity contribution is 5.37. The molecule has 2 nitrogen and oxygen atoms in total. The summed E-state index contributed by atoms with van der Waals surface area (Å²) in [5, 5.41) is 0. The topological polar surface area (TPSA) is 35.2 Å². The van der Waals surface area contributed by atoms with Crippen molar-refractivity contribution in [3.05, 3.63) is 29.8 Å². The van der Waals surface area contributed by atoms with E-state index >= 15 is 0 Å². The fourth-order valence-electron chi connectivity index (χ4n) is 3.31. The number of nitrogens with two attached hydrogens (primary N) is 1. The number of ether oxygens (including phenoxy) is 1. The van der Waals surface area contributed by atoms with Crippen LogP contribution in [0.5, 0.6) is 5.75 Å². The third-order valence-electron chi connectivity index (χ3n) is 4.25. The first kappa shape index (κ1) is 16.1. The normalized spacial score (nSPS) is 26.6. The average molecular weight is 301 g/mol. The van der Waals surface area contributed by atoms with Gasteiger partial charge in [-0.1, -0.05) is 38.0 Å². The van der Waals surface area contributed by atoms with Gasteiger partial charge in [-0.05, 0) is 36.8 Å². The van der Waals surface area contributed by atoms with E-state index in [0.29, 0.717) is 11.5 Å². The highest BCUT2D eigenvalue weighted by Crippen LogP contribution is 2.41. The zero-order valence-corrected chi connectivity index (χ0v) is 12.2. The molecular weight excluding hydrogens is 279 g/mol. The van der Waals surface area contributed by atoms with Crippen molar-refractivity contribution >= 4 is 0 Å². The second-order valence-corrected chi connectivity index (χ2v) is 5.82. The summed E-state index contributed by atoms with van der Waals surface area (Å²) in [4.78, 5) is 0. The number of hydrogen-bond acceptors (Lipinski definition) is 2. The molecule has 2 rings (SSSR count). The first-order valence-corrected chi connectivity index (χ1v) is 7.51. The Balaban J connectivity index is 2.22. The molecule has 3 atom stereocenters. The molecule has 5 heteroatoms. The van der Waals surface area contributed by atoms with Gasteiger partial charge in [0.2, 0.25) is 0 Å². The molecule has 0 amide bonds. The van der Waals surface area contributed by atoms with Crippen molar-refractivity contribution in [3.8, 4) is 5.75 Å². The Morgan fingerprint density at radius 2 is 1.95 bits per heavy atom. The minimum Gasteiger partial charge on any atom is -0.405 e. The van der Waals surface area contributed by atoms with Crippen LogP contribution in [0.2, 0.25) is 0 Å². The maximum Gasteiger partial charge on any atom is 0.573 e. The van der Waals surface area contributed by atoms with Crippen LogP contribution in [-0.4, -0.2) is 12.4 Å². The lowest BCUT2D eigenvalue weighted by Crippen LogP contribution is -2.35. The van der Waals surface area contributed by atoms with Crippen LogP contribution < -0.4 is 10.5 Å². The fourth-order valence-corrected chi connectivity index (χ4v) is 3.31. The highest BCUT2D eigenvalue weighted by atomic mass is 19.4. The predicted molar refractivity (Wildman–Crippen MR) is 76.1 cm³/mol. The molecule has 1 aliphatic carbocycles. The van der Waals surface area contributed by atoms with Crippen molar-refractivity contribution in [2.45, 2.75) is 57.3 Å². The molecule has 0 spiro atoms. The number of hydrogen-bond donors (Lipinski definition) is 1. The first-order valence-electron chi connectivity index (χ1n) is 7.51. The summed E-state index contributed by atoms with van der Waals surface area (Å²) >= 11 is 0. The second kappa shape index (κ2) is 6.69. The fraction of sp³-hybridized carbons (Fsp3) is 0.625. The molecule has 3 unspecified atom stereocenters. The second-order valence-electron chi connectivity index (χ2n) is 5.82. The highest BCUT2D eigenvalue weighted by Gasteiger charge is 2.35. The summed E-state index contributed by atoms with van der Waals surface area (Å²) in [5.74, 6) is 0.371. The lowest BCUT2D eigenvalue weighted by Gasteiger charge is -2.35. The van der Waals surface area contributed by atoms with Gasteiger partial charge in [0.05, 0.1) is 0 Å². The summed E-state index contributed by atoms with van der Waals surface area (Å²) < 4.78 is 41.8. The largest absolute Gasteiger partial charge is 0.573 e. The van der Waals surface area contributed by atoms with Crippen molar-refractivity contribution in [1.29, 1.82) is 0 Å². The maximum atomic E-state index is 12.5. The van der Waals surface area contributed by atoms with Gasteiger partial charge in [0.15, 0.2) is 0 Å². The average Bonchev–Trinajstić information content (AvgIpc) is 2.40. The lowest BCUT2D eigenvalue weighted by molar-refractivity contribution is -0.275. The van der Waals surface area contributed by atoms with Crippen LogP contribution in [-0.2, 0) is 0 Å². The van der Waals surface area contributed by atoms with Gasteiger partial charge < -0.3 is 10.5 Å². The number of rotatable bonds is 4. The van der Waals surface area contributed by atoms with Crippen molar-refractivity contribution in [2.24, 2.45) is 11.7 Å².